The third-order valence-corrected chi connectivity index (χ3v) is 9.59. The lowest BCUT2D eigenvalue weighted by molar-refractivity contribution is -0.127. The number of thioether (sulfide) groups is 1. The van der Waals surface area contributed by atoms with Gasteiger partial charge in [0.25, 0.3) is 11.5 Å². The van der Waals surface area contributed by atoms with Gasteiger partial charge in [0.1, 0.15) is 4.83 Å². The highest BCUT2D eigenvalue weighted by atomic mass is 35.5. The average molecular weight is 550 g/mol. The predicted octanol–water partition coefficient (Wildman–Crippen LogP) is 5.90. The van der Waals surface area contributed by atoms with Crippen molar-refractivity contribution in [2.75, 3.05) is 6.54 Å². The van der Waals surface area contributed by atoms with E-state index >= 15 is 0 Å². The van der Waals surface area contributed by atoms with E-state index in [-0.39, 0.29) is 17.4 Å². The number of carbonyl (C=O) groups is 2. The van der Waals surface area contributed by atoms with Crippen LogP contribution in [0.15, 0.2) is 64.5 Å². The number of hydrogen-bond donors (Lipinski definition) is 0. The van der Waals surface area contributed by atoms with E-state index in [0.717, 1.165) is 48.2 Å². The molecule has 2 aliphatic rings. The van der Waals surface area contributed by atoms with Gasteiger partial charge in [-0.2, -0.15) is 0 Å². The van der Waals surface area contributed by atoms with Crippen LogP contribution in [-0.2, 0) is 17.6 Å². The fraction of sp³-hybridized carbons (Fsp3) is 0.286. The van der Waals surface area contributed by atoms with Gasteiger partial charge in [0.2, 0.25) is 5.91 Å². The second-order valence-corrected chi connectivity index (χ2v) is 12.0. The van der Waals surface area contributed by atoms with Crippen molar-refractivity contribution in [1.29, 1.82) is 0 Å². The molecule has 1 aliphatic heterocycles. The Morgan fingerprint density at radius 2 is 1.78 bits per heavy atom. The zero-order chi connectivity index (χ0) is 25.5. The number of amides is 2. The Labute approximate surface area is 227 Å². The Balaban J connectivity index is 1.40. The zero-order valence-electron chi connectivity index (χ0n) is 20.0. The number of para-hydroxylation sites is 1. The molecule has 1 saturated heterocycles. The molecule has 1 aliphatic carbocycles. The molecule has 6 nitrogen and oxygen atoms in total. The summed E-state index contributed by atoms with van der Waals surface area (Å²) in [6, 6.07) is 16.0. The minimum atomic E-state index is -0.523. The Hall–Kier alpha value is -2.94. The lowest BCUT2D eigenvalue weighted by Crippen LogP contribution is -2.41. The number of imide groups is 1. The van der Waals surface area contributed by atoms with E-state index in [2.05, 4.69) is 0 Å². The Morgan fingerprint density at radius 1 is 1.00 bits per heavy atom. The molecule has 1 atom stereocenters. The Morgan fingerprint density at radius 3 is 2.57 bits per heavy atom. The topological polar surface area (TPSA) is 72.3 Å². The molecular formula is C28H24ClN3O3S2. The molecule has 1 fully saturated rings. The van der Waals surface area contributed by atoms with Crippen molar-refractivity contribution in [1.82, 2.24) is 14.5 Å². The molecule has 9 heteroatoms. The SMILES string of the molecule is O=C(c1ccc(Cl)cc1)N1CCCC[C@@H](Sc2nc3sc4c(c3c(=O)n2-c2ccccc2)CCC4)C1=O. The van der Waals surface area contributed by atoms with Crippen molar-refractivity contribution in [3.63, 3.8) is 0 Å². The van der Waals surface area contributed by atoms with Gasteiger partial charge < -0.3 is 0 Å². The van der Waals surface area contributed by atoms with Crippen molar-refractivity contribution in [3.8, 4) is 5.69 Å². The van der Waals surface area contributed by atoms with Crippen molar-refractivity contribution in [3.05, 3.63) is 86.0 Å². The number of likely N-dealkylation sites (tertiary alicyclic amines) is 1. The Bertz CT molecular complexity index is 1560. The van der Waals surface area contributed by atoms with E-state index in [4.69, 9.17) is 16.6 Å². The highest BCUT2D eigenvalue weighted by molar-refractivity contribution is 8.00. The molecule has 0 bridgehead atoms. The molecule has 2 aromatic carbocycles. The Kier molecular flexibility index (Phi) is 6.65. The fourth-order valence-electron chi connectivity index (χ4n) is 5.10. The molecule has 6 rings (SSSR count). The second kappa shape index (κ2) is 10.1. The largest absolute Gasteiger partial charge is 0.278 e. The van der Waals surface area contributed by atoms with E-state index in [1.54, 1.807) is 40.2 Å². The summed E-state index contributed by atoms with van der Waals surface area (Å²) in [5, 5.41) is 1.21. The number of hydrogen-bond acceptors (Lipinski definition) is 6. The van der Waals surface area contributed by atoms with Crippen molar-refractivity contribution < 1.29 is 9.59 Å². The number of nitrogens with zero attached hydrogens (tertiary/aromatic N) is 3. The average Bonchev–Trinajstić information content (AvgIpc) is 3.44. The monoisotopic (exact) mass is 549 g/mol. The van der Waals surface area contributed by atoms with Gasteiger partial charge in [0, 0.05) is 22.0 Å². The van der Waals surface area contributed by atoms with Gasteiger partial charge in [-0.25, -0.2) is 4.98 Å². The molecule has 2 aromatic heterocycles. The number of fused-ring (bicyclic) bond motifs is 3. The number of carbonyl (C=O) groups excluding carboxylic acids is 2. The zero-order valence-corrected chi connectivity index (χ0v) is 22.4. The molecule has 37 heavy (non-hydrogen) atoms. The lowest BCUT2D eigenvalue weighted by Gasteiger charge is -2.23. The second-order valence-electron chi connectivity index (χ2n) is 9.31. The number of aryl methyl sites for hydroxylation is 2. The minimum absolute atomic E-state index is 0.0896. The molecule has 0 saturated carbocycles. The smallest absolute Gasteiger partial charge is 0.267 e. The molecule has 0 unspecified atom stereocenters. The van der Waals surface area contributed by atoms with Gasteiger partial charge >= 0.3 is 0 Å². The van der Waals surface area contributed by atoms with Crippen LogP contribution in [0.5, 0.6) is 0 Å². The highest BCUT2D eigenvalue weighted by Crippen LogP contribution is 2.37. The number of benzene rings is 2. The van der Waals surface area contributed by atoms with E-state index in [1.807, 2.05) is 30.3 Å². The molecule has 0 spiro atoms. The van der Waals surface area contributed by atoms with Gasteiger partial charge in [0.05, 0.1) is 16.3 Å². The third kappa shape index (κ3) is 4.51. The minimum Gasteiger partial charge on any atom is -0.278 e. The fourth-order valence-corrected chi connectivity index (χ4v) is 7.74. The molecule has 0 N–H and O–H groups in total. The van der Waals surface area contributed by atoms with Gasteiger partial charge in [0.15, 0.2) is 5.16 Å². The maximum atomic E-state index is 13.9. The van der Waals surface area contributed by atoms with Gasteiger partial charge in [-0.15, -0.1) is 11.3 Å². The molecule has 0 radical (unpaired) electrons. The van der Waals surface area contributed by atoms with Crippen molar-refractivity contribution in [2.45, 2.75) is 48.9 Å². The third-order valence-electron chi connectivity index (χ3n) is 6.95. The van der Waals surface area contributed by atoms with Crippen LogP contribution in [0.4, 0.5) is 0 Å². The van der Waals surface area contributed by atoms with E-state index in [0.29, 0.717) is 34.1 Å². The molecule has 4 aromatic rings. The number of halogens is 1. The van der Waals surface area contributed by atoms with Crippen LogP contribution in [0.3, 0.4) is 0 Å². The van der Waals surface area contributed by atoms with Crippen LogP contribution < -0.4 is 5.56 Å². The maximum absolute atomic E-state index is 13.9. The predicted molar refractivity (Wildman–Crippen MR) is 148 cm³/mol. The van der Waals surface area contributed by atoms with Crippen LogP contribution >= 0.6 is 34.7 Å². The van der Waals surface area contributed by atoms with Crippen LogP contribution in [0.25, 0.3) is 15.9 Å². The maximum Gasteiger partial charge on any atom is 0.267 e. The lowest BCUT2D eigenvalue weighted by atomic mass is 10.2. The van der Waals surface area contributed by atoms with Crippen LogP contribution in [-0.4, -0.2) is 38.1 Å². The first kappa shape index (κ1) is 24.4. The summed E-state index contributed by atoms with van der Waals surface area (Å²) in [6.45, 7) is 0.368. The first-order chi connectivity index (χ1) is 18.0. The van der Waals surface area contributed by atoms with Gasteiger partial charge in [-0.05, 0) is 74.1 Å². The van der Waals surface area contributed by atoms with Crippen LogP contribution in [0.2, 0.25) is 5.02 Å². The number of thiophene rings is 1. The summed E-state index contributed by atoms with van der Waals surface area (Å²) in [5.74, 6) is -0.571. The highest BCUT2D eigenvalue weighted by Gasteiger charge is 2.34. The molecular weight excluding hydrogens is 526 g/mol. The summed E-state index contributed by atoms with van der Waals surface area (Å²) in [6.07, 6.45) is 5.09. The summed E-state index contributed by atoms with van der Waals surface area (Å²) in [7, 11) is 0. The standard InChI is InChI=1S/C28H24ClN3O3S2/c29-18-14-12-17(13-15-18)25(33)31-16-5-4-10-22(26(31)34)37-28-30-24-23(20-9-6-11-21(20)36-24)27(35)32(28)19-7-2-1-3-8-19/h1-3,7-8,12-15,22H,4-6,9-11,16H2/t22-/m1/s1. The number of aromatic nitrogens is 2. The quantitative estimate of drug-likeness (QED) is 0.234. The summed E-state index contributed by atoms with van der Waals surface area (Å²) in [5.41, 5.74) is 2.19. The molecule has 3 heterocycles. The first-order valence-electron chi connectivity index (χ1n) is 12.4. The first-order valence-corrected chi connectivity index (χ1v) is 14.5. The van der Waals surface area contributed by atoms with Crippen LogP contribution in [0.1, 0.15) is 46.5 Å². The van der Waals surface area contributed by atoms with Crippen molar-refractivity contribution >= 4 is 56.7 Å². The normalized spacial score (nSPS) is 17.7. The number of rotatable bonds is 4. The summed E-state index contributed by atoms with van der Waals surface area (Å²) < 4.78 is 1.64. The van der Waals surface area contributed by atoms with Gasteiger partial charge in [-0.1, -0.05) is 48.0 Å². The van der Waals surface area contributed by atoms with E-state index in [9.17, 15) is 14.4 Å². The van der Waals surface area contributed by atoms with Gasteiger partial charge in [-0.3, -0.25) is 23.9 Å². The molecule has 188 valence electrons. The van der Waals surface area contributed by atoms with Crippen molar-refractivity contribution in [2.24, 2.45) is 0 Å². The summed E-state index contributed by atoms with van der Waals surface area (Å²) in [4.78, 5) is 49.1. The van der Waals surface area contributed by atoms with E-state index < -0.39 is 5.25 Å². The van der Waals surface area contributed by atoms with E-state index in [1.165, 1.54) is 21.5 Å². The summed E-state index contributed by atoms with van der Waals surface area (Å²) >= 11 is 8.87. The molecule has 2 amide bonds. The van der Waals surface area contributed by atoms with Crippen LogP contribution in [0, 0.1) is 0 Å².